The number of aliphatic carboxylic acids is 1. The van der Waals surface area contributed by atoms with Gasteiger partial charge in [-0.3, -0.25) is 9.59 Å². The van der Waals surface area contributed by atoms with E-state index in [1.165, 1.54) is 19.1 Å². The van der Waals surface area contributed by atoms with Crippen LogP contribution < -0.4 is 10.0 Å². The van der Waals surface area contributed by atoms with Crippen molar-refractivity contribution in [3.8, 4) is 0 Å². The van der Waals surface area contributed by atoms with Crippen molar-refractivity contribution in [1.82, 2.24) is 4.72 Å². The molecule has 9 heteroatoms. The molecule has 0 radical (unpaired) electrons. The average Bonchev–Trinajstić information content (AvgIpc) is 2.60. The van der Waals surface area contributed by atoms with Gasteiger partial charge in [0.25, 0.3) is 10.0 Å². The molecular weight excluding hydrogens is 358 g/mol. The van der Waals surface area contributed by atoms with E-state index in [1.807, 2.05) is 0 Å². The van der Waals surface area contributed by atoms with E-state index in [9.17, 15) is 18.0 Å². The number of guanidine groups is 1. The number of carbonyl (C=O) groups is 2. The SMILES string of the molecule is CC(=O)c1ccc(NC(=NCC(=O)O)NS(=O)(=O)c2ccccc2)cc1. The molecule has 0 heterocycles. The van der Waals surface area contributed by atoms with Crippen LogP contribution in [0.25, 0.3) is 0 Å². The summed E-state index contributed by atoms with van der Waals surface area (Å²) in [6.45, 7) is 0.807. The number of aliphatic imine (C=N–C) groups is 1. The van der Waals surface area contributed by atoms with Crippen LogP contribution in [0.4, 0.5) is 5.69 Å². The van der Waals surface area contributed by atoms with E-state index >= 15 is 0 Å². The highest BCUT2D eigenvalue weighted by Crippen LogP contribution is 2.11. The molecule has 0 spiro atoms. The second kappa shape index (κ2) is 8.26. The average molecular weight is 375 g/mol. The molecule has 0 aliphatic heterocycles. The van der Waals surface area contributed by atoms with Gasteiger partial charge in [-0.05, 0) is 43.3 Å². The quantitative estimate of drug-likeness (QED) is 0.401. The highest BCUT2D eigenvalue weighted by atomic mass is 32.2. The number of hydrogen-bond donors (Lipinski definition) is 3. The second-order valence-electron chi connectivity index (χ2n) is 5.24. The molecule has 0 unspecified atom stereocenters. The first-order valence-electron chi connectivity index (χ1n) is 7.50. The van der Waals surface area contributed by atoms with Crippen LogP contribution in [0.3, 0.4) is 0 Å². The van der Waals surface area contributed by atoms with E-state index in [0.717, 1.165) is 0 Å². The number of nitrogens with one attached hydrogen (secondary N) is 2. The summed E-state index contributed by atoms with van der Waals surface area (Å²) >= 11 is 0. The Balaban J connectivity index is 2.25. The number of sulfonamides is 1. The Kier molecular flexibility index (Phi) is 6.07. The monoisotopic (exact) mass is 375 g/mol. The van der Waals surface area contributed by atoms with E-state index in [-0.39, 0.29) is 16.6 Å². The third-order valence-electron chi connectivity index (χ3n) is 3.21. The lowest BCUT2D eigenvalue weighted by Crippen LogP contribution is -2.36. The maximum absolute atomic E-state index is 12.4. The standard InChI is InChI=1S/C17H17N3O5S/c1-12(21)13-7-9-14(10-8-13)19-17(18-11-16(22)23)20-26(24,25)15-5-3-2-4-6-15/h2-10H,11H2,1H3,(H,22,23)(H2,18,19,20). The zero-order chi connectivity index (χ0) is 19.2. The Morgan fingerprint density at radius 1 is 1.04 bits per heavy atom. The van der Waals surface area contributed by atoms with Crippen molar-refractivity contribution in [2.75, 3.05) is 11.9 Å². The largest absolute Gasteiger partial charge is 0.480 e. The minimum absolute atomic E-state index is 0.0109. The minimum Gasteiger partial charge on any atom is -0.480 e. The van der Waals surface area contributed by atoms with Crippen molar-refractivity contribution in [2.45, 2.75) is 11.8 Å². The fourth-order valence-corrected chi connectivity index (χ4v) is 2.96. The summed E-state index contributed by atoms with van der Waals surface area (Å²) in [5.74, 6) is -1.57. The molecule has 2 aromatic rings. The first-order valence-corrected chi connectivity index (χ1v) is 8.98. The first-order chi connectivity index (χ1) is 12.3. The molecule has 3 N–H and O–H groups in total. The van der Waals surface area contributed by atoms with Crippen LogP contribution in [0.5, 0.6) is 0 Å². The van der Waals surface area contributed by atoms with Crippen LogP contribution in [0, 0.1) is 0 Å². The molecule has 0 bridgehead atoms. The maximum atomic E-state index is 12.4. The van der Waals surface area contributed by atoms with Crippen molar-refractivity contribution in [3.05, 3.63) is 60.2 Å². The molecule has 0 fully saturated rings. The molecule has 8 nitrogen and oxygen atoms in total. The topological polar surface area (TPSA) is 125 Å². The summed E-state index contributed by atoms with van der Waals surface area (Å²) in [4.78, 5) is 25.8. The van der Waals surface area contributed by atoms with E-state index < -0.39 is 22.5 Å². The van der Waals surface area contributed by atoms with Gasteiger partial charge in [-0.1, -0.05) is 18.2 Å². The van der Waals surface area contributed by atoms with Gasteiger partial charge in [-0.15, -0.1) is 0 Å². The second-order valence-corrected chi connectivity index (χ2v) is 6.92. The Labute approximate surface area is 150 Å². The number of Topliss-reactive ketones (excluding diaryl/α,β-unsaturated/α-hetero) is 1. The van der Waals surface area contributed by atoms with Gasteiger partial charge in [-0.2, -0.15) is 0 Å². The van der Waals surface area contributed by atoms with E-state index in [4.69, 9.17) is 5.11 Å². The molecule has 2 rings (SSSR count). The normalized spacial score (nSPS) is 11.7. The van der Waals surface area contributed by atoms with E-state index in [2.05, 4.69) is 15.0 Å². The zero-order valence-electron chi connectivity index (χ0n) is 13.8. The van der Waals surface area contributed by atoms with Gasteiger partial charge in [-0.25, -0.2) is 18.1 Å². The molecule has 0 amide bonds. The summed E-state index contributed by atoms with van der Waals surface area (Å²) in [5.41, 5.74) is 0.930. The summed E-state index contributed by atoms with van der Waals surface area (Å²) in [6, 6.07) is 13.8. The van der Waals surface area contributed by atoms with Gasteiger partial charge in [0.2, 0.25) is 5.96 Å². The maximum Gasteiger partial charge on any atom is 0.325 e. The number of nitrogens with zero attached hydrogens (tertiary/aromatic N) is 1. The highest BCUT2D eigenvalue weighted by Gasteiger charge is 2.16. The predicted octanol–water partition coefficient (Wildman–Crippen LogP) is 1.72. The predicted molar refractivity (Wildman–Crippen MR) is 96.8 cm³/mol. The third kappa shape index (κ3) is 5.42. The van der Waals surface area contributed by atoms with Crippen molar-refractivity contribution in [1.29, 1.82) is 0 Å². The van der Waals surface area contributed by atoms with Crippen molar-refractivity contribution < 1.29 is 23.1 Å². The molecule has 136 valence electrons. The Morgan fingerprint density at radius 3 is 2.19 bits per heavy atom. The molecule has 0 aliphatic rings. The van der Waals surface area contributed by atoms with E-state index in [0.29, 0.717) is 11.3 Å². The first kappa shape index (κ1) is 19.1. The Morgan fingerprint density at radius 2 is 1.65 bits per heavy atom. The van der Waals surface area contributed by atoms with Crippen LogP contribution >= 0.6 is 0 Å². The number of anilines is 1. The van der Waals surface area contributed by atoms with Crippen LogP contribution in [-0.2, 0) is 14.8 Å². The van der Waals surface area contributed by atoms with E-state index in [1.54, 1.807) is 42.5 Å². The minimum atomic E-state index is -3.94. The Hall–Kier alpha value is -3.20. The van der Waals surface area contributed by atoms with Crippen LogP contribution in [-0.4, -0.2) is 37.8 Å². The third-order valence-corrected chi connectivity index (χ3v) is 4.57. The lowest BCUT2D eigenvalue weighted by atomic mass is 10.1. The fraction of sp³-hybridized carbons (Fsp3) is 0.118. The van der Waals surface area contributed by atoms with Gasteiger partial charge < -0.3 is 10.4 Å². The summed E-state index contributed by atoms with van der Waals surface area (Å²) in [5, 5.41) is 11.5. The van der Waals surface area contributed by atoms with Gasteiger partial charge >= 0.3 is 5.97 Å². The molecule has 0 saturated carbocycles. The van der Waals surface area contributed by atoms with Crippen LogP contribution in [0.2, 0.25) is 0 Å². The smallest absolute Gasteiger partial charge is 0.325 e. The molecule has 0 saturated heterocycles. The fourth-order valence-electron chi connectivity index (χ4n) is 1.95. The number of ketones is 1. The highest BCUT2D eigenvalue weighted by molar-refractivity contribution is 7.90. The number of carboxylic acid groups (broad SMARTS) is 1. The zero-order valence-corrected chi connectivity index (χ0v) is 14.7. The van der Waals surface area contributed by atoms with Gasteiger partial charge in [0.15, 0.2) is 5.78 Å². The molecule has 26 heavy (non-hydrogen) atoms. The van der Waals surface area contributed by atoms with Crippen molar-refractivity contribution >= 4 is 33.4 Å². The Bertz CT molecular complexity index is 923. The summed E-state index contributed by atoms with van der Waals surface area (Å²) in [7, 11) is -3.94. The van der Waals surface area contributed by atoms with Crippen molar-refractivity contribution in [3.63, 3.8) is 0 Å². The summed E-state index contributed by atoms with van der Waals surface area (Å²) < 4.78 is 27.0. The van der Waals surface area contributed by atoms with Gasteiger partial charge in [0, 0.05) is 11.3 Å². The van der Waals surface area contributed by atoms with Crippen LogP contribution in [0.15, 0.2) is 64.5 Å². The lowest BCUT2D eigenvalue weighted by molar-refractivity contribution is -0.135. The number of carbonyl (C=O) groups excluding carboxylic acids is 1. The number of benzene rings is 2. The molecular formula is C17H17N3O5S. The molecule has 2 aromatic carbocycles. The number of rotatable bonds is 6. The van der Waals surface area contributed by atoms with Gasteiger partial charge in [0.05, 0.1) is 4.90 Å². The van der Waals surface area contributed by atoms with Crippen molar-refractivity contribution in [2.24, 2.45) is 4.99 Å². The summed E-state index contributed by atoms with van der Waals surface area (Å²) in [6.07, 6.45) is 0. The molecule has 0 aromatic heterocycles. The van der Waals surface area contributed by atoms with Crippen LogP contribution in [0.1, 0.15) is 17.3 Å². The lowest BCUT2D eigenvalue weighted by Gasteiger charge is -2.13. The van der Waals surface area contributed by atoms with Gasteiger partial charge in [0.1, 0.15) is 6.54 Å². The number of carboxylic acids is 1. The molecule has 0 aliphatic carbocycles. The number of hydrogen-bond acceptors (Lipinski definition) is 5. The molecule has 0 atom stereocenters.